The number of halogens is 1. The molecule has 0 amide bonds. The van der Waals surface area contributed by atoms with Crippen LogP contribution in [0.25, 0.3) is 0 Å². The van der Waals surface area contributed by atoms with Crippen LogP contribution in [0.2, 0.25) is 0 Å². The van der Waals surface area contributed by atoms with Crippen LogP contribution in [0.3, 0.4) is 0 Å². The van der Waals surface area contributed by atoms with Crippen molar-refractivity contribution in [1.29, 1.82) is 0 Å². The third-order valence-electron chi connectivity index (χ3n) is 4.34. The number of hydrogen-bond acceptors (Lipinski definition) is 3. The van der Waals surface area contributed by atoms with Crippen molar-refractivity contribution in [3.63, 3.8) is 0 Å². The van der Waals surface area contributed by atoms with E-state index >= 15 is 0 Å². The highest BCUT2D eigenvalue weighted by molar-refractivity contribution is 5.48. The van der Waals surface area contributed by atoms with Gasteiger partial charge in [0.05, 0.1) is 19.3 Å². The highest BCUT2D eigenvalue weighted by Crippen LogP contribution is 2.52. The third kappa shape index (κ3) is 1.46. The number of fused-ring (bicyclic) bond motifs is 2. The fourth-order valence-electron chi connectivity index (χ4n) is 3.49. The predicted octanol–water partition coefficient (Wildman–Crippen LogP) is 1.27. The van der Waals surface area contributed by atoms with Crippen LogP contribution in [0.5, 0.6) is 0 Å². The van der Waals surface area contributed by atoms with Crippen molar-refractivity contribution in [2.45, 2.75) is 17.9 Å². The smallest absolute Gasteiger partial charge is 0.127 e. The van der Waals surface area contributed by atoms with Crippen molar-refractivity contribution in [3.05, 3.63) is 35.1 Å². The zero-order valence-corrected chi connectivity index (χ0v) is 10.4. The molecule has 0 aromatic heterocycles. The van der Waals surface area contributed by atoms with Gasteiger partial charge in [0, 0.05) is 30.6 Å². The Labute approximate surface area is 106 Å². The predicted molar refractivity (Wildman–Crippen MR) is 64.0 cm³/mol. The summed E-state index contributed by atoms with van der Waals surface area (Å²) in [6, 6.07) is 5.16. The van der Waals surface area contributed by atoms with Crippen molar-refractivity contribution in [2.24, 2.45) is 5.92 Å². The molecule has 1 N–H and O–H groups in total. The van der Waals surface area contributed by atoms with Crippen LogP contribution >= 0.6 is 0 Å². The summed E-state index contributed by atoms with van der Waals surface area (Å²) in [6.07, 6.45) is 0.638. The van der Waals surface area contributed by atoms with Gasteiger partial charge in [-0.1, -0.05) is 12.1 Å². The van der Waals surface area contributed by atoms with E-state index in [1.165, 1.54) is 6.07 Å². The Kier molecular flexibility index (Phi) is 2.88. The largest absolute Gasteiger partial charge is 0.396 e. The number of aliphatic hydroxyl groups is 1. The molecule has 1 aromatic carbocycles. The first-order chi connectivity index (χ1) is 8.73. The highest BCUT2D eigenvalue weighted by atomic mass is 19.1. The van der Waals surface area contributed by atoms with Crippen LogP contribution in [-0.2, 0) is 21.3 Å². The van der Waals surface area contributed by atoms with Crippen molar-refractivity contribution >= 4 is 0 Å². The van der Waals surface area contributed by atoms with Gasteiger partial charge in [-0.15, -0.1) is 0 Å². The first-order valence-electron chi connectivity index (χ1n) is 6.22. The average molecular weight is 252 g/mol. The summed E-state index contributed by atoms with van der Waals surface area (Å²) in [4.78, 5) is 0. The Morgan fingerprint density at radius 1 is 1.56 bits per heavy atom. The molecule has 0 radical (unpaired) electrons. The van der Waals surface area contributed by atoms with Crippen LogP contribution in [0.1, 0.15) is 11.1 Å². The van der Waals surface area contributed by atoms with Gasteiger partial charge in [0.25, 0.3) is 0 Å². The molecule has 3 nitrogen and oxygen atoms in total. The van der Waals surface area contributed by atoms with E-state index in [0.29, 0.717) is 13.2 Å². The van der Waals surface area contributed by atoms with Gasteiger partial charge in [0.1, 0.15) is 5.82 Å². The minimum atomic E-state index is -0.349. The molecular formula is C14H17FO3. The highest BCUT2D eigenvalue weighted by Gasteiger charge is 2.57. The van der Waals surface area contributed by atoms with E-state index in [0.717, 1.165) is 17.5 Å². The number of rotatable bonds is 3. The van der Waals surface area contributed by atoms with Gasteiger partial charge in [-0.3, -0.25) is 0 Å². The lowest BCUT2D eigenvalue weighted by atomic mass is 9.58. The minimum absolute atomic E-state index is 0.00179. The summed E-state index contributed by atoms with van der Waals surface area (Å²) >= 11 is 0. The Bertz CT molecular complexity index is 448. The van der Waals surface area contributed by atoms with Gasteiger partial charge < -0.3 is 14.6 Å². The lowest BCUT2D eigenvalue weighted by molar-refractivity contribution is 0.00944. The summed E-state index contributed by atoms with van der Waals surface area (Å²) in [5.41, 5.74) is 1.43. The van der Waals surface area contributed by atoms with Crippen molar-refractivity contribution in [1.82, 2.24) is 0 Å². The van der Waals surface area contributed by atoms with E-state index in [1.807, 2.05) is 6.07 Å². The molecule has 1 aliphatic heterocycles. The summed E-state index contributed by atoms with van der Waals surface area (Å²) < 4.78 is 24.8. The zero-order chi connectivity index (χ0) is 12.8. The maximum atomic E-state index is 14.0. The Morgan fingerprint density at radius 2 is 2.39 bits per heavy atom. The van der Waals surface area contributed by atoms with E-state index < -0.39 is 0 Å². The normalized spacial score (nSPS) is 33.5. The molecule has 3 unspecified atom stereocenters. The van der Waals surface area contributed by atoms with Gasteiger partial charge in [-0.25, -0.2) is 4.39 Å². The van der Waals surface area contributed by atoms with E-state index in [1.54, 1.807) is 13.2 Å². The molecule has 1 fully saturated rings. The van der Waals surface area contributed by atoms with Crippen LogP contribution in [-0.4, -0.2) is 38.1 Å². The Hall–Kier alpha value is -0.970. The number of hydrogen-bond donors (Lipinski definition) is 1. The maximum Gasteiger partial charge on any atom is 0.127 e. The summed E-state index contributed by atoms with van der Waals surface area (Å²) in [5.74, 6) is -0.263. The third-order valence-corrected chi connectivity index (χ3v) is 4.34. The molecule has 1 saturated heterocycles. The SMILES string of the molecule is COCC1OCC2(Cc3cccc(F)c32)C1CO. The summed E-state index contributed by atoms with van der Waals surface area (Å²) in [5, 5.41) is 9.62. The molecule has 1 heterocycles. The maximum absolute atomic E-state index is 14.0. The molecule has 0 bridgehead atoms. The quantitative estimate of drug-likeness (QED) is 0.880. The lowest BCUT2D eigenvalue weighted by Crippen LogP contribution is -2.49. The van der Waals surface area contributed by atoms with Crippen molar-refractivity contribution < 1.29 is 19.0 Å². The van der Waals surface area contributed by atoms with Crippen LogP contribution in [0.15, 0.2) is 18.2 Å². The molecule has 3 atom stereocenters. The molecule has 2 aliphatic rings. The molecule has 18 heavy (non-hydrogen) atoms. The molecule has 0 saturated carbocycles. The second-order valence-electron chi connectivity index (χ2n) is 5.20. The van der Waals surface area contributed by atoms with E-state index in [2.05, 4.69) is 0 Å². The zero-order valence-electron chi connectivity index (χ0n) is 10.4. The van der Waals surface area contributed by atoms with Gasteiger partial charge in [0.2, 0.25) is 0 Å². The average Bonchev–Trinajstić information content (AvgIpc) is 2.68. The van der Waals surface area contributed by atoms with Crippen molar-refractivity contribution in [2.75, 3.05) is 26.9 Å². The van der Waals surface area contributed by atoms with Gasteiger partial charge >= 0.3 is 0 Å². The van der Waals surface area contributed by atoms with Crippen LogP contribution < -0.4 is 0 Å². The van der Waals surface area contributed by atoms with E-state index in [4.69, 9.17) is 9.47 Å². The topological polar surface area (TPSA) is 38.7 Å². The standard InChI is InChI=1S/C14H17FO3/c1-17-7-12-10(6-16)14(8-18-12)5-9-3-2-4-11(15)13(9)14/h2-4,10,12,16H,5-8H2,1H3. The second kappa shape index (κ2) is 4.30. The van der Waals surface area contributed by atoms with Gasteiger partial charge in [0.15, 0.2) is 0 Å². The first-order valence-corrected chi connectivity index (χ1v) is 6.22. The van der Waals surface area contributed by atoms with E-state index in [9.17, 15) is 9.50 Å². The van der Waals surface area contributed by atoms with Gasteiger partial charge in [-0.2, -0.15) is 0 Å². The molecule has 1 spiro atoms. The van der Waals surface area contributed by atoms with Gasteiger partial charge in [-0.05, 0) is 18.1 Å². The fourth-order valence-corrected chi connectivity index (χ4v) is 3.49. The molecule has 4 heteroatoms. The van der Waals surface area contributed by atoms with Crippen molar-refractivity contribution in [3.8, 4) is 0 Å². The Morgan fingerprint density at radius 3 is 3.06 bits per heavy atom. The number of methoxy groups -OCH3 is 1. The monoisotopic (exact) mass is 252 g/mol. The molecule has 1 aliphatic carbocycles. The fraction of sp³-hybridized carbons (Fsp3) is 0.571. The first kappa shape index (κ1) is 12.1. The molecule has 98 valence electrons. The lowest BCUT2D eigenvalue weighted by Gasteiger charge is -2.44. The summed E-state index contributed by atoms with van der Waals surface area (Å²) in [7, 11) is 1.61. The summed E-state index contributed by atoms with van der Waals surface area (Å²) in [6.45, 7) is 0.915. The van der Waals surface area contributed by atoms with Crippen LogP contribution in [0, 0.1) is 11.7 Å². The molecular weight excluding hydrogens is 235 g/mol. The molecule has 3 rings (SSSR count). The van der Waals surface area contributed by atoms with Crippen LogP contribution in [0.4, 0.5) is 4.39 Å². The number of aliphatic hydroxyl groups excluding tert-OH is 1. The number of ether oxygens (including phenoxy) is 2. The number of benzene rings is 1. The second-order valence-corrected chi connectivity index (χ2v) is 5.20. The van der Waals surface area contributed by atoms with E-state index in [-0.39, 0.29) is 29.9 Å². The Balaban J connectivity index is 1.96. The minimum Gasteiger partial charge on any atom is -0.396 e. The molecule has 1 aromatic rings.